The molecule has 2 saturated heterocycles. The van der Waals surface area contributed by atoms with Crippen molar-refractivity contribution in [2.45, 2.75) is 25.2 Å². The Morgan fingerprint density at radius 1 is 1.05 bits per heavy atom. The maximum atomic E-state index is 13.1. The molecule has 3 N–H and O–H groups in total. The molecule has 4 aromatic rings. The zero-order valence-corrected chi connectivity index (χ0v) is 20.9. The molecule has 0 aliphatic carbocycles. The van der Waals surface area contributed by atoms with Gasteiger partial charge in [0.05, 0.1) is 12.5 Å². The second-order valence-corrected chi connectivity index (χ2v) is 9.78. The average Bonchev–Trinajstić information content (AvgIpc) is 3.63. The van der Waals surface area contributed by atoms with E-state index in [0.29, 0.717) is 42.7 Å². The highest BCUT2D eigenvalue weighted by atomic mass is 16.5. The second-order valence-electron chi connectivity index (χ2n) is 9.78. The normalized spacial score (nSPS) is 19.5. The molecule has 5 heterocycles. The number of fused-ring (bicyclic) bond motifs is 1. The van der Waals surface area contributed by atoms with Gasteiger partial charge in [-0.25, -0.2) is 15.0 Å². The molecule has 1 aromatic carbocycles. The van der Waals surface area contributed by atoms with Gasteiger partial charge in [0, 0.05) is 55.3 Å². The Hall–Kier alpha value is -4.31. The van der Waals surface area contributed by atoms with E-state index in [4.69, 9.17) is 15.5 Å². The number of carbonyl (C=O) groups excluding carboxylic acids is 2. The number of aromatic nitrogens is 4. The van der Waals surface area contributed by atoms with Crippen LogP contribution in [0.1, 0.15) is 41.4 Å². The largest absolute Gasteiger partial charge is 0.382 e. The number of imidazole rings is 1. The number of rotatable bonds is 5. The van der Waals surface area contributed by atoms with Crippen molar-refractivity contribution >= 4 is 29.0 Å². The fourth-order valence-electron chi connectivity index (χ4n) is 5.36. The minimum Gasteiger partial charge on any atom is -0.382 e. The lowest BCUT2D eigenvalue weighted by molar-refractivity contribution is -0.136. The molecule has 2 aliphatic heterocycles. The van der Waals surface area contributed by atoms with Crippen molar-refractivity contribution in [3.63, 3.8) is 0 Å². The number of nitrogens with two attached hydrogens (primary N) is 1. The van der Waals surface area contributed by atoms with Gasteiger partial charge in [-0.2, -0.15) is 0 Å². The van der Waals surface area contributed by atoms with E-state index in [0.717, 1.165) is 42.7 Å². The molecule has 3 aromatic heterocycles. The molecule has 0 radical (unpaired) electrons. The quantitative estimate of drug-likeness (QED) is 0.420. The van der Waals surface area contributed by atoms with Gasteiger partial charge in [-0.05, 0) is 43.5 Å². The monoisotopic (exact) mass is 511 g/mol. The van der Waals surface area contributed by atoms with Crippen molar-refractivity contribution in [3.8, 4) is 11.3 Å². The summed E-state index contributed by atoms with van der Waals surface area (Å²) >= 11 is 0. The minimum atomic E-state index is -0.244. The van der Waals surface area contributed by atoms with E-state index in [9.17, 15) is 9.59 Å². The van der Waals surface area contributed by atoms with Crippen molar-refractivity contribution in [2.24, 2.45) is 5.92 Å². The zero-order chi connectivity index (χ0) is 26.1. The van der Waals surface area contributed by atoms with Gasteiger partial charge in [-0.1, -0.05) is 18.2 Å². The Labute approximate surface area is 219 Å². The highest BCUT2D eigenvalue weighted by molar-refractivity contribution is 6.04. The molecule has 0 spiro atoms. The maximum Gasteiger partial charge on any atom is 0.256 e. The molecule has 2 aliphatic rings. The number of pyridine rings is 1. The fraction of sp³-hybridized carbons (Fsp3) is 0.321. The third-order valence-corrected chi connectivity index (χ3v) is 7.31. The number of nitrogen functional groups attached to an aromatic ring is 1. The highest BCUT2D eigenvalue weighted by Gasteiger charge is 2.33. The summed E-state index contributed by atoms with van der Waals surface area (Å²) in [6.45, 7) is 2.53. The number of hydrogen-bond donors (Lipinski definition) is 2. The first-order valence-corrected chi connectivity index (χ1v) is 12.9. The average molecular weight is 512 g/mol. The molecule has 38 heavy (non-hydrogen) atoms. The number of benzene rings is 1. The first-order valence-electron chi connectivity index (χ1n) is 12.9. The number of anilines is 2. The molecule has 2 amide bonds. The van der Waals surface area contributed by atoms with Crippen LogP contribution in [-0.4, -0.2) is 62.4 Å². The highest BCUT2D eigenvalue weighted by Crippen LogP contribution is 2.34. The summed E-state index contributed by atoms with van der Waals surface area (Å²) in [5, 5.41) is 2.80. The van der Waals surface area contributed by atoms with Crippen molar-refractivity contribution in [2.75, 3.05) is 37.4 Å². The molecule has 6 rings (SSSR count). The lowest BCUT2D eigenvalue weighted by atomic mass is 9.95. The molecule has 10 heteroatoms. The first-order chi connectivity index (χ1) is 18.6. The smallest absolute Gasteiger partial charge is 0.256 e. The Morgan fingerprint density at radius 2 is 1.92 bits per heavy atom. The molecule has 194 valence electrons. The van der Waals surface area contributed by atoms with E-state index in [1.807, 2.05) is 33.7 Å². The maximum absolute atomic E-state index is 13.1. The minimum absolute atomic E-state index is 0.0467. The van der Waals surface area contributed by atoms with Gasteiger partial charge in [0.1, 0.15) is 28.7 Å². The van der Waals surface area contributed by atoms with Crippen LogP contribution in [0.4, 0.5) is 11.6 Å². The van der Waals surface area contributed by atoms with Gasteiger partial charge in [0.25, 0.3) is 5.91 Å². The number of hydrogen-bond acceptors (Lipinski definition) is 7. The summed E-state index contributed by atoms with van der Waals surface area (Å²) in [5.74, 6) is 1.69. The van der Waals surface area contributed by atoms with Crippen LogP contribution in [0.3, 0.4) is 0 Å². The molecule has 0 saturated carbocycles. The summed E-state index contributed by atoms with van der Waals surface area (Å²) in [5.41, 5.74) is 9.10. The number of amides is 2. The van der Waals surface area contributed by atoms with E-state index >= 15 is 0 Å². The molecule has 10 nitrogen and oxygen atoms in total. The summed E-state index contributed by atoms with van der Waals surface area (Å²) in [4.78, 5) is 41.2. The Balaban J connectivity index is 1.28. The van der Waals surface area contributed by atoms with Gasteiger partial charge >= 0.3 is 0 Å². The van der Waals surface area contributed by atoms with Crippen molar-refractivity contribution in [1.29, 1.82) is 0 Å². The number of piperidine rings is 1. The first kappa shape index (κ1) is 24.1. The van der Waals surface area contributed by atoms with E-state index in [1.165, 1.54) is 0 Å². The molecular weight excluding hydrogens is 482 g/mol. The standard InChI is InChI=1S/C28H29N7O3/c29-25-24-23(18-6-8-19(9-7-18)27(36)32-22-5-1-2-11-30-22)33-26(35(24)14-12-31-25)20-4-3-13-34(16-20)28(37)21-10-15-38-17-21/h1-2,5-9,11-12,14,20-21H,3-4,10,13,15-17H2,(H2,29,31)(H,30,32,36)/t20-,21?/m1/s1. The molecule has 2 fully saturated rings. The third-order valence-electron chi connectivity index (χ3n) is 7.31. The summed E-state index contributed by atoms with van der Waals surface area (Å²) < 4.78 is 7.44. The lowest BCUT2D eigenvalue weighted by Gasteiger charge is -2.33. The van der Waals surface area contributed by atoms with Crippen LogP contribution >= 0.6 is 0 Å². The van der Waals surface area contributed by atoms with Gasteiger partial charge in [0.15, 0.2) is 0 Å². The van der Waals surface area contributed by atoms with Crippen molar-refractivity contribution in [1.82, 2.24) is 24.3 Å². The predicted octanol–water partition coefficient (Wildman–Crippen LogP) is 3.37. The SMILES string of the molecule is Nc1nccn2c([C@@H]3CCCN(C(=O)C4CCOC4)C3)nc(-c3ccc(C(=O)Nc4ccccn4)cc3)c12. The number of ether oxygens (including phenoxy) is 1. The number of nitrogens with one attached hydrogen (secondary N) is 1. The predicted molar refractivity (Wildman–Crippen MR) is 143 cm³/mol. The van der Waals surface area contributed by atoms with Crippen LogP contribution in [0.15, 0.2) is 61.1 Å². The Bertz CT molecular complexity index is 1460. The van der Waals surface area contributed by atoms with Crippen LogP contribution in [0.5, 0.6) is 0 Å². The summed E-state index contributed by atoms with van der Waals surface area (Å²) in [7, 11) is 0. The molecular formula is C28H29N7O3. The van der Waals surface area contributed by atoms with Crippen LogP contribution in [0, 0.1) is 5.92 Å². The van der Waals surface area contributed by atoms with Crippen LogP contribution in [0.2, 0.25) is 0 Å². The topological polar surface area (TPSA) is 128 Å². The van der Waals surface area contributed by atoms with Crippen LogP contribution < -0.4 is 11.1 Å². The van der Waals surface area contributed by atoms with Crippen LogP contribution in [0.25, 0.3) is 16.8 Å². The molecule has 1 unspecified atom stereocenters. The number of nitrogens with zero attached hydrogens (tertiary/aromatic N) is 5. The van der Waals surface area contributed by atoms with Gasteiger partial charge < -0.3 is 20.7 Å². The Morgan fingerprint density at radius 3 is 2.68 bits per heavy atom. The molecule has 2 atom stereocenters. The van der Waals surface area contributed by atoms with E-state index in [2.05, 4.69) is 15.3 Å². The number of likely N-dealkylation sites (tertiary alicyclic amines) is 1. The van der Waals surface area contributed by atoms with Gasteiger partial charge in [-0.15, -0.1) is 0 Å². The third kappa shape index (κ3) is 4.58. The zero-order valence-electron chi connectivity index (χ0n) is 20.9. The van der Waals surface area contributed by atoms with E-state index < -0.39 is 0 Å². The molecule has 0 bridgehead atoms. The van der Waals surface area contributed by atoms with Crippen LogP contribution in [-0.2, 0) is 9.53 Å². The van der Waals surface area contributed by atoms with Crippen molar-refractivity contribution in [3.05, 3.63) is 72.4 Å². The second kappa shape index (κ2) is 10.2. The summed E-state index contributed by atoms with van der Waals surface area (Å²) in [6, 6.07) is 12.6. The number of carbonyl (C=O) groups is 2. The van der Waals surface area contributed by atoms with E-state index in [-0.39, 0.29) is 23.7 Å². The van der Waals surface area contributed by atoms with Gasteiger partial charge in [-0.3, -0.25) is 14.0 Å². The Kier molecular flexibility index (Phi) is 6.47. The van der Waals surface area contributed by atoms with E-state index in [1.54, 1.807) is 36.7 Å². The lowest BCUT2D eigenvalue weighted by Crippen LogP contribution is -2.42. The summed E-state index contributed by atoms with van der Waals surface area (Å²) in [6.07, 6.45) is 7.80. The fourth-order valence-corrected chi connectivity index (χ4v) is 5.36. The van der Waals surface area contributed by atoms with Gasteiger partial charge in [0.2, 0.25) is 5.91 Å². The van der Waals surface area contributed by atoms with Crippen molar-refractivity contribution < 1.29 is 14.3 Å².